The molecule has 2 unspecified atom stereocenters. The fourth-order valence-electron chi connectivity index (χ4n) is 3.35. The molecule has 1 aliphatic rings. The van der Waals surface area contributed by atoms with E-state index in [1.807, 2.05) is 6.07 Å². The first-order valence-corrected chi connectivity index (χ1v) is 7.81. The molecule has 2 rings (SSSR count). The lowest BCUT2D eigenvalue weighted by molar-refractivity contribution is 0.182. The zero-order valence-electron chi connectivity index (χ0n) is 12.4. The van der Waals surface area contributed by atoms with Crippen molar-refractivity contribution in [2.24, 2.45) is 17.6 Å². The van der Waals surface area contributed by atoms with Crippen molar-refractivity contribution in [1.29, 1.82) is 0 Å². The van der Waals surface area contributed by atoms with Crippen LogP contribution in [0.3, 0.4) is 0 Å². The first-order valence-electron chi connectivity index (χ1n) is 7.43. The number of hydrogen-bond donors (Lipinski definition) is 1. The minimum atomic E-state index is -0.0634. The maximum absolute atomic E-state index is 6.67. The molecule has 0 aliphatic heterocycles. The Kier molecular flexibility index (Phi) is 4.58. The van der Waals surface area contributed by atoms with Crippen LogP contribution in [0.1, 0.15) is 50.7 Å². The van der Waals surface area contributed by atoms with Crippen molar-refractivity contribution in [3.63, 3.8) is 0 Å². The van der Waals surface area contributed by atoms with Gasteiger partial charge in [-0.3, -0.25) is 0 Å². The third-order valence-electron chi connectivity index (χ3n) is 4.61. The molecule has 2 atom stereocenters. The van der Waals surface area contributed by atoms with E-state index in [4.69, 9.17) is 17.3 Å². The van der Waals surface area contributed by atoms with Crippen LogP contribution in [0.15, 0.2) is 18.2 Å². The summed E-state index contributed by atoms with van der Waals surface area (Å²) in [5.74, 6) is 1.50. The van der Waals surface area contributed by atoms with Crippen LogP contribution in [0, 0.1) is 18.8 Å². The van der Waals surface area contributed by atoms with Crippen LogP contribution in [0.2, 0.25) is 5.02 Å². The van der Waals surface area contributed by atoms with Crippen LogP contribution in [-0.2, 0) is 6.42 Å². The number of rotatable bonds is 3. The summed E-state index contributed by atoms with van der Waals surface area (Å²) in [6, 6.07) is 6.32. The average Bonchev–Trinajstić information content (AvgIpc) is 2.33. The highest BCUT2D eigenvalue weighted by Gasteiger charge is 2.34. The molecule has 1 nitrogen and oxygen atoms in total. The molecule has 19 heavy (non-hydrogen) atoms. The van der Waals surface area contributed by atoms with E-state index in [1.165, 1.54) is 24.0 Å². The summed E-state index contributed by atoms with van der Waals surface area (Å²) >= 11 is 6.35. The molecule has 1 aliphatic carbocycles. The van der Waals surface area contributed by atoms with E-state index < -0.39 is 0 Å². The lowest BCUT2D eigenvalue weighted by Crippen LogP contribution is -2.47. The van der Waals surface area contributed by atoms with Gasteiger partial charge in [0.1, 0.15) is 0 Å². The van der Waals surface area contributed by atoms with Gasteiger partial charge in [0.05, 0.1) is 0 Å². The molecule has 0 bridgehead atoms. The van der Waals surface area contributed by atoms with Gasteiger partial charge in [-0.25, -0.2) is 0 Å². The Morgan fingerprint density at radius 3 is 2.79 bits per heavy atom. The van der Waals surface area contributed by atoms with Crippen LogP contribution in [0.4, 0.5) is 0 Å². The zero-order chi connectivity index (χ0) is 14.0. The Labute approximate surface area is 122 Å². The van der Waals surface area contributed by atoms with Crippen LogP contribution in [0.5, 0.6) is 0 Å². The van der Waals surface area contributed by atoms with Gasteiger partial charge in [0.25, 0.3) is 0 Å². The number of hydrogen-bond acceptors (Lipinski definition) is 1. The zero-order valence-corrected chi connectivity index (χ0v) is 13.1. The minimum Gasteiger partial charge on any atom is -0.325 e. The number of benzene rings is 1. The normalized spacial score (nSPS) is 27.8. The second-order valence-electron chi connectivity index (χ2n) is 6.73. The number of nitrogens with two attached hydrogens (primary N) is 1. The molecule has 2 N–H and O–H groups in total. The molecule has 1 aromatic carbocycles. The van der Waals surface area contributed by atoms with Gasteiger partial charge in [0.2, 0.25) is 0 Å². The maximum atomic E-state index is 6.67. The van der Waals surface area contributed by atoms with E-state index in [-0.39, 0.29) is 5.54 Å². The molecule has 0 amide bonds. The molecule has 0 aromatic heterocycles. The van der Waals surface area contributed by atoms with Gasteiger partial charge in [-0.2, -0.15) is 0 Å². The smallest absolute Gasteiger partial charge is 0.0441 e. The quantitative estimate of drug-likeness (QED) is 0.850. The first kappa shape index (κ1) is 14.9. The summed E-state index contributed by atoms with van der Waals surface area (Å²) in [6.45, 7) is 6.70. The molecule has 0 radical (unpaired) electrons. The first-order chi connectivity index (χ1) is 8.89. The second-order valence-corrected chi connectivity index (χ2v) is 7.14. The molecule has 2 heteroatoms. The van der Waals surface area contributed by atoms with Crippen LogP contribution < -0.4 is 5.73 Å². The Bertz CT molecular complexity index is 441. The van der Waals surface area contributed by atoms with E-state index in [0.29, 0.717) is 0 Å². The predicted octanol–water partition coefficient (Wildman–Crippen LogP) is 4.73. The average molecular weight is 280 g/mol. The van der Waals surface area contributed by atoms with Crippen molar-refractivity contribution in [3.8, 4) is 0 Å². The fraction of sp³-hybridized carbons (Fsp3) is 0.647. The standard InChI is InChI=1S/C17H26ClN/c1-12(2)14-5-4-8-17(19,10-14)11-15-7-6-13(3)9-16(15)18/h6-7,9,12,14H,4-5,8,10-11,19H2,1-3H3. The van der Waals surface area contributed by atoms with E-state index in [1.54, 1.807) is 0 Å². The van der Waals surface area contributed by atoms with Crippen LogP contribution in [0.25, 0.3) is 0 Å². The summed E-state index contributed by atoms with van der Waals surface area (Å²) in [5.41, 5.74) is 9.02. The van der Waals surface area contributed by atoms with Gasteiger partial charge in [-0.1, -0.05) is 50.4 Å². The summed E-state index contributed by atoms with van der Waals surface area (Å²) in [4.78, 5) is 0. The summed E-state index contributed by atoms with van der Waals surface area (Å²) < 4.78 is 0. The van der Waals surface area contributed by atoms with E-state index >= 15 is 0 Å². The van der Waals surface area contributed by atoms with Gasteiger partial charge in [0, 0.05) is 10.6 Å². The van der Waals surface area contributed by atoms with E-state index in [0.717, 1.165) is 36.1 Å². The van der Waals surface area contributed by atoms with Crippen molar-refractivity contribution in [3.05, 3.63) is 34.3 Å². The largest absolute Gasteiger partial charge is 0.325 e. The van der Waals surface area contributed by atoms with Gasteiger partial charge in [-0.05, 0) is 55.2 Å². The highest BCUT2D eigenvalue weighted by atomic mass is 35.5. The Morgan fingerprint density at radius 2 is 2.16 bits per heavy atom. The summed E-state index contributed by atoms with van der Waals surface area (Å²) in [5, 5.41) is 0.872. The SMILES string of the molecule is Cc1ccc(CC2(N)CCCC(C(C)C)C2)c(Cl)c1. The summed E-state index contributed by atoms with van der Waals surface area (Å²) in [7, 11) is 0. The third-order valence-corrected chi connectivity index (χ3v) is 4.96. The van der Waals surface area contributed by atoms with Gasteiger partial charge >= 0.3 is 0 Å². The van der Waals surface area contributed by atoms with E-state index in [2.05, 4.69) is 32.9 Å². The summed E-state index contributed by atoms with van der Waals surface area (Å²) in [6.07, 6.45) is 5.76. The molecular formula is C17H26ClN. The lowest BCUT2D eigenvalue weighted by atomic mass is 9.70. The highest BCUT2D eigenvalue weighted by molar-refractivity contribution is 6.31. The minimum absolute atomic E-state index is 0.0634. The van der Waals surface area contributed by atoms with Crippen molar-refractivity contribution in [2.45, 2.75) is 58.4 Å². The van der Waals surface area contributed by atoms with Gasteiger partial charge in [-0.15, -0.1) is 0 Å². The maximum Gasteiger partial charge on any atom is 0.0441 e. The molecule has 0 heterocycles. The molecule has 1 aromatic rings. The van der Waals surface area contributed by atoms with Gasteiger partial charge < -0.3 is 5.73 Å². The third kappa shape index (κ3) is 3.73. The number of halogens is 1. The predicted molar refractivity (Wildman–Crippen MR) is 83.6 cm³/mol. The Hall–Kier alpha value is -0.530. The molecule has 1 saturated carbocycles. The van der Waals surface area contributed by atoms with E-state index in [9.17, 15) is 0 Å². The topological polar surface area (TPSA) is 26.0 Å². The van der Waals surface area contributed by atoms with Gasteiger partial charge in [0.15, 0.2) is 0 Å². The number of aryl methyl sites for hydroxylation is 1. The molecule has 1 fully saturated rings. The monoisotopic (exact) mass is 279 g/mol. The lowest BCUT2D eigenvalue weighted by Gasteiger charge is -2.40. The fourth-order valence-corrected chi connectivity index (χ4v) is 3.65. The molecule has 106 valence electrons. The highest BCUT2D eigenvalue weighted by Crippen LogP contribution is 2.37. The van der Waals surface area contributed by atoms with Crippen LogP contribution >= 0.6 is 11.6 Å². The van der Waals surface area contributed by atoms with Crippen molar-refractivity contribution in [1.82, 2.24) is 0 Å². The van der Waals surface area contributed by atoms with Crippen LogP contribution in [-0.4, -0.2) is 5.54 Å². The van der Waals surface area contributed by atoms with Crippen molar-refractivity contribution in [2.75, 3.05) is 0 Å². The second kappa shape index (κ2) is 5.85. The van der Waals surface area contributed by atoms with Crippen molar-refractivity contribution < 1.29 is 0 Å². The Morgan fingerprint density at radius 1 is 1.42 bits per heavy atom. The molecule has 0 saturated heterocycles. The van der Waals surface area contributed by atoms with Crippen molar-refractivity contribution >= 4 is 11.6 Å². The molecular weight excluding hydrogens is 254 g/mol. The Balaban J connectivity index is 2.12. The molecule has 0 spiro atoms.